The number of hydrogen-bond acceptors (Lipinski definition) is 3. The lowest BCUT2D eigenvalue weighted by Crippen LogP contribution is -2.38. The van der Waals surface area contributed by atoms with Crippen LogP contribution in [0.15, 0.2) is 0 Å². The molecule has 0 aromatic carbocycles. The number of aliphatic hydroxyl groups excluding tert-OH is 1. The van der Waals surface area contributed by atoms with E-state index in [1.165, 1.54) is 12.8 Å². The quantitative estimate of drug-likeness (QED) is 0.742. The molecule has 19 heavy (non-hydrogen) atoms. The van der Waals surface area contributed by atoms with Gasteiger partial charge in [0.1, 0.15) is 0 Å². The average molecular weight is 270 g/mol. The summed E-state index contributed by atoms with van der Waals surface area (Å²) in [7, 11) is 0. The minimum absolute atomic E-state index is 0.150. The topological polar surface area (TPSA) is 66.6 Å². The molecule has 0 aromatic heterocycles. The maximum atomic E-state index is 12.2. The Labute approximate surface area is 117 Å². The highest BCUT2D eigenvalue weighted by Gasteiger charge is 2.21. The van der Waals surface area contributed by atoms with Gasteiger partial charge in [-0.2, -0.15) is 0 Å². The van der Waals surface area contributed by atoms with Gasteiger partial charge in [-0.1, -0.05) is 0 Å². The maximum absolute atomic E-state index is 12.2. The van der Waals surface area contributed by atoms with E-state index >= 15 is 0 Å². The third kappa shape index (κ3) is 5.91. The molecule has 1 saturated carbocycles. The largest absolute Gasteiger partial charge is 0.396 e. The fraction of sp³-hybridized carbons (Fsp3) is 0.933. The molecule has 0 radical (unpaired) electrons. The Bertz CT molecular complexity index is 261. The molecule has 0 bridgehead atoms. The van der Waals surface area contributed by atoms with Crippen molar-refractivity contribution < 1.29 is 9.90 Å². The fourth-order valence-corrected chi connectivity index (χ4v) is 2.86. The van der Waals surface area contributed by atoms with Crippen LogP contribution >= 0.6 is 0 Å². The van der Waals surface area contributed by atoms with Gasteiger partial charge in [0.2, 0.25) is 5.91 Å². The Hall–Kier alpha value is -0.610. The third-order valence-electron chi connectivity index (χ3n) is 4.16. The van der Waals surface area contributed by atoms with Crippen molar-refractivity contribution >= 4 is 5.91 Å². The highest BCUT2D eigenvalue weighted by molar-refractivity contribution is 5.76. The molecule has 0 aromatic rings. The minimum Gasteiger partial charge on any atom is -0.396 e. The van der Waals surface area contributed by atoms with Crippen molar-refractivity contribution in [3.63, 3.8) is 0 Å². The zero-order chi connectivity index (χ0) is 14.3. The van der Waals surface area contributed by atoms with Crippen molar-refractivity contribution in [2.75, 3.05) is 13.2 Å². The van der Waals surface area contributed by atoms with Gasteiger partial charge in [0.15, 0.2) is 0 Å². The first-order valence-corrected chi connectivity index (χ1v) is 7.70. The van der Waals surface area contributed by atoms with Crippen LogP contribution in [-0.2, 0) is 4.79 Å². The van der Waals surface area contributed by atoms with Crippen molar-refractivity contribution in [2.45, 2.75) is 70.9 Å². The second-order valence-corrected chi connectivity index (χ2v) is 6.08. The third-order valence-corrected chi connectivity index (χ3v) is 4.16. The molecule has 1 aliphatic rings. The van der Waals surface area contributed by atoms with Crippen LogP contribution in [0.1, 0.15) is 58.8 Å². The molecule has 4 heteroatoms. The van der Waals surface area contributed by atoms with Crippen LogP contribution in [0.4, 0.5) is 0 Å². The number of nitrogens with two attached hydrogens (primary N) is 1. The summed E-state index contributed by atoms with van der Waals surface area (Å²) in [6.45, 7) is 4.89. The molecule has 112 valence electrons. The Morgan fingerprint density at radius 3 is 2.47 bits per heavy atom. The second kappa shape index (κ2) is 8.54. The number of nitrogens with zero attached hydrogens (tertiary/aromatic N) is 1. The summed E-state index contributed by atoms with van der Waals surface area (Å²) in [5.41, 5.74) is 5.90. The molecule has 0 aliphatic heterocycles. The predicted molar refractivity (Wildman–Crippen MR) is 77.7 cm³/mol. The van der Waals surface area contributed by atoms with Crippen LogP contribution in [0.25, 0.3) is 0 Å². The summed E-state index contributed by atoms with van der Waals surface area (Å²) in [6.07, 6.45) is 6.87. The smallest absolute Gasteiger partial charge is 0.222 e. The Balaban J connectivity index is 2.31. The van der Waals surface area contributed by atoms with Crippen molar-refractivity contribution in [2.24, 2.45) is 11.7 Å². The van der Waals surface area contributed by atoms with E-state index in [2.05, 4.69) is 0 Å². The van der Waals surface area contributed by atoms with E-state index in [1.54, 1.807) is 0 Å². The van der Waals surface area contributed by atoms with Crippen molar-refractivity contribution in [3.05, 3.63) is 0 Å². The van der Waals surface area contributed by atoms with Gasteiger partial charge in [-0.05, 0) is 58.3 Å². The second-order valence-electron chi connectivity index (χ2n) is 6.08. The molecule has 1 aliphatic carbocycles. The highest BCUT2D eigenvalue weighted by Crippen LogP contribution is 2.27. The predicted octanol–water partition coefficient (Wildman–Crippen LogP) is 1.90. The van der Waals surface area contributed by atoms with Crippen molar-refractivity contribution in [3.8, 4) is 0 Å². The molecule has 1 rings (SSSR count). The Kier molecular flexibility index (Phi) is 7.39. The van der Waals surface area contributed by atoms with Crippen molar-refractivity contribution in [1.82, 2.24) is 4.90 Å². The van der Waals surface area contributed by atoms with Gasteiger partial charge >= 0.3 is 0 Å². The summed E-state index contributed by atoms with van der Waals surface area (Å²) in [5.74, 6) is 0.911. The van der Waals surface area contributed by atoms with Gasteiger partial charge in [0.25, 0.3) is 0 Å². The minimum atomic E-state index is 0.150. The van der Waals surface area contributed by atoms with E-state index in [0.717, 1.165) is 19.3 Å². The van der Waals surface area contributed by atoms with Gasteiger partial charge in [0, 0.05) is 31.7 Å². The van der Waals surface area contributed by atoms with E-state index in [0.29, 0.717) is 31.3 Å². The lowest BCUT2D eigenvalue weighted by atomic mass is 9.83. The molecule has 0 unspecified atom stereocenters. The molecule has 0 saturated heterocycles. The van der Waals surface area contributed by atoms with Gasteiger partial charge in [-0.15, -0.1) is 0 Å². The molecule has 0 heterocycles. The maximum Gasteiger partial charge on any atom is 0.222 e. The standard InChI is InChI=1S/C15H30N2O2/c1-12(2)17(10-3-11-18)15(19)9-6-13-4-7-14(16)8-5-13/h12-14,18H,3-11,16H2,1-2H3. The average Bonchev–Trinajstić information content (AvgIpc) is 2.38. The van der Waals surface area contributed by atoms with Crippen LogP contribution in [-0.4, -0.2) is 41.1 Å². The molecule has 0 spiro atoms. The number of aliphatic hydroxyl groups is 1. The van der Waals surface area contributed by atoms with E-state index < -0.39 is 0 Å². The first kappa shape index (κ1) is 16.4. The van der Waals surface area contributed by atoms with Crippen LogP contribution in [0.2, 0.25) is 0 Å². The van der Waals surface area contributed by atoms with Crippen molar-refractivity contribution in [1.29, 1.82) is 0 Å². The summed E-state index contributed by atoms with van der Waals surface area (Å²) in [5, 5.41) is 8.89. The summed E-state index contributed by atoms with van der Waals surface area (Å²) >= 11 is 0. The number of amides is 1. The molecule has 3 N–H and O–H groups in total. The number of rotatable bonds is 7. The first-order chi connectivity index (χ1) is 9.04. The monoisotopic (exact) mass is 270 g/mol. The first-order valence-electron chi connectivity index (χ1n) is 7.70. The van der Waals surface area contributed by atoms with Gasteiger partial charge in [0.05, 0.1) is 0 Å². The Morgan fingerprint density at radius 1 is 1.32 bits per heavy atom. The SMILES string of the molecule is CC(C)N(CCCO)C(=O)CCC1CCC(N)CC1. The molecular weight excluding hydrogens is 240 g/mol. The van der Waals surface area contributed by atoms with Gasteiger partial charge in [-0.25, -0.2) is 0 Å². The van der Waals surface area contributed by atoms with Crippen LogP contribution in [0.5, 0.6) is 0 Å². The van der Waals surface area contributed by atoms with Gasteiger partial charge in [-0.3, -0.25) is 4.79 Å². The molecule has 0 atom stereocenters. The summed E-state index contributed by atoms with van der Waals surface area (Å²) in [6, 6.07) is 0.600. The molecule has 4 nitrogen and oxygen atoms in total. The lowest BCUT2D eigenvalue weighted by molar-refractivity contribution is -0.133. The van der Waals surface area contributed by atoms with Crippen LogP contribution < -0.4 is 5.73 Å². The van der Waals surface area contributed by atoms with Gasteiger partial charge < -0.3 is 15.7 Å². The zero-order valence-electron chi connectivity index (χ0n) is 12.5. The number of carbonyl (C=O) groups is 1. The highest BCUT2D eigenvalue weighted by atomic mass is 16.3. The summed E-state index contributed by atoms with van der Waals surface area (Å²) in [4.78, 5) is 14.1. The number of hydrogen-bond donors (Lipinski definition) is 2. The number of carbonyl (C=O) groups excluding carboxylic acids is 1. The molecule has 1 fully saturated rings. The van der Waals surface area contributed by atoms with Crippen LogP contribution in [0.3, 0.4) is 0 Å². The molecule has 1 amide bonds. The fourth-order valence-electron chi connectivity index (χ4n) is 2.86. The normalized spacial score (nSPS) is 23.6. The van der Waals surface area contributed by atoms with E-state index in [4.69, 9.17) is 10.8 Å². The van der Waals surface area contributed by atoms with E-state index in [-0.39, 0.29) is 18.6 Å². The van der Waals surface area contributed by atoms with Crippen LogP contribution in [0, 0.1) is 5.92 Å². The van der Waals surface area contributed by atoms with E-state index in [9.17, 15) is 4.79 Å². The Morgan fingerprint density at radius 2 is 1.95 bits per heavy atom. The molecular formula is C15H30N2O2. The lowest BCUT2D eigenvalue weighted by Gasteiger charge is -2.29. The zero-order valence-corrected chi connectivity index (χ0v) is 12.5. The summed E-state index contributed by atoms with van der Waals surface area (Å²) < 4.78 is 0. The van der Waals surface area contributed by atoms with E-state index in [1.807, 2.05) is 18.7 Å².